The molecule has 2 aliphatic carbocycles. The summed E-state index contributed by atoms with van der Waals surface area (Å²) in [4.78, 5) is 4.51. The Morgan fingerprint density at radius 3 is 2.18 bits per heavy atom. The van der Waals surface area contributed by atoms with E-state index in [1.54, 1.807) is 0 Å². The van der Waals surface area contributed by atoms with Crippen molar-refractivity contribution in [3.8, 4) is 0 Å². The van der Waals surface area contributed by atoms with Crippen LogP contribution in [0, 0.1) is 5.41 Å². The SMILES string of the molecule is FC(F)(F)CONC1CCC2(CCCC2)CC1. The molecule has 2 fully saturated rings. The minimum Gasteiger partial charge on any atom is -0.292 e. The summed E-state index contributed by atoms with van der Waals surface area (Å²) >= 11 is 0. The highest BCUT2D eigenvalue weighted by Gasteiger charge is 2.37. The van der Waals surface area contributed by atoms with E-state index in [4.69, 9.17) is 0 Å². The van der Waals surface area contributed by atoms with Crippen LogP contribution < -0.4 is 5.48 Å². The van der Waals surface area contributed by atoms with E-state index in [-0.39, 0.29) is 6.04 Å². The maximum atomic E-state index is 11.9. The summed E-state index contributed by atoms with van der Waals surface area (Å²) in [6.07, 6.45) is 5.18. The molecule has 0 radical (unpaired) electrons. The molecular formula is C12H20F3NO. The average Bonchev–Trinajstić information content (AvgIpc) is 2.68. The molecule has 1 spiro atoms. The summed E-state index contributed by atoms with van der Waals surface area (Å²) in [5.74, 6) is 0. The monoisotopic (exact) mass is 251 g/mol. The van der Waals surface area contributed by atoms with Crippen molar-refractivity contribution in [2.24, 2.45) is 5.41 Å². The van der Waals surface area contributed by atoms with Gasteiger partial charge in [0.2, 0.25) is 0 Å². The summed E-state index contributed by atoms with van der Waals surface area (Å²) in [6.45, 7) is -1.20. The van der Waals surface area contributed by atoms with Crippen molar-refractivity contribution in [3.05, 3.63) is 0 Å². The second-order valence-corrected chi connectivity index (χ2v) is 5.50. The third kappa shape index (κ3) is 3.85. The number of alkyl halides is 3. The number of rotatable bonds is 3. The first-order chi connectivity index (χ1) is 7.99. The van der Waals surface area contributed by atoms with Gasteiger partial charge in [-0.2, -0.15) is 18.7 Å². The van der Waals surface area contributed by atoms with Crippen molar-refractivity contribution in [1.29, 1.82) is 0 Å². The minimum atomic E-state index is -4.24. The van der Waals surface area contributed by atoms with Gasteiger partial charge in [0.25, 0.3) is 0 Å². The van der Waals surface area contributed by atoms with Crippen LogP contribution in [-0.4, -0.2) is 18.8 Å². The largest absolute Gasteiger partial charge is 0.413 e. The fraction of sp³-hybridized carbons (Fsp3) is 1.00. The summed E-state index contributed by atoms with van der Waals surface area (Å²) in [5, 5.41) is 0. The van der Waals surface area contributed by atoms with Gasteiger partial charge in [0, 0.05) is 6.04 Å². The highest BCUT2D eigenvalue weighted by molar-refractivity contribution is 4.90. The van der Waals surface area contributed by atoms with Gasteiger partial charge in [-0.1, -0.05) is 12.8 Å². The van der Waals surface area contributed by atoms with E-state index in [1.807, 2.05) is 0 Å². The molecule has 2 nitrogen and oxygen atoms in total. The second kappa shape index (κ2) is 5.14. The van der Waals surface area contributed by atoms with Crippen molar-refractivity contribution < 1.29 is 18.0 Å². The van der Waals surface area contributed by atoms with Crippen molar-refractivity contribution >= 4 is 0 Å². The van der Waals surface area contributed by atoms with E-state index >= 15 is 0 Å². The first-order valence-corrected chi connectivity index (χ1v) is 6.43. The van der Waals surface area contributed by atoms with Crippen LogP contribution in [0.15, 0.2) is 0 Å². The lowest BCUT2D eigenvalue weighted by molar-refractivity contribution is -0.194. The molecule has 1 N–H and O–H groups in total. The molecule has 0 amide bonds. The van der Waals surface area contributed by atoms with Crippen molar-refractivity contribution in [2.75, 3.05) is 6.61 Å². The van der Waals surface area contributed by atoms with E-state index in [0.717, 1.165) is 25.7 Å². The average molecular weight is 251 g/mol. The Bertz CT molecular complexity index is 239. The van der Waals surface area contributed by atoms with Gasteiger partial charge in [-0.15, -0.1) is 0 Å². The summed E-state index contributed by atoms with van der Waals surface area (Å²) < 4.78 is 35.7. The van der Waals surface area contributed by atoms with Gasteiger partial charge < -0.3 is 0 Å². The topological polar surface area (TPSA) is 21.3 Å². The zero-order valence-corrected chi connectivity index (χ0v) is 9.98. The quantitative estimate of drug-likeness (QED) is 0.774. The highest BCUT2D eigenvalue weighted by Crippen LogP contribution is 2.48. The Balaban J connectivity index is 1.65. The fourth-order valence-electron chi connectivity index (χ4n) is 3.21. The molecule has 0 aliphatic heterocycles. The Hall–Kier alpha value is -0.290. The van der Waals surface area contributed by atoms with Crippen molar-refractivity contribution in [2.45, 2.75) is 63.6 Å². The molecule has 0 aromatic rings. The van der Waals surface area contributed by atoms with E-state index < -0.39 is 12.8 Å². The van der Waals surface area contributed by atoms with E-state index in [0.29, 0.717) is 5.41 Å². The molecule has 2 aliphatic rings. The Labute approximate surface area is 99.9 Å². The van der Waals surface area contributed by atoms with Gasteiger partial charge in [0.05, 0.1) is 0 Å². The van der Waals surface area contributed by atoms with Crippen LogP contribution in [0.3, 0.4) is 0 Å². The fourth-order valence-corrected chi connectivity index (χ4v) is 3.21. The van der Waals surface area contributed by atoms with Gasteiger partial charge in [0.1, 0.15) is 0 Å². The molecule has 2 saturated carbocycles. The number of halogens is 3. The molecule has 0 unspecified atom stereocenters. The third-order valence-electron chi connectivity index (χ3n) is 4.20. The van der Waals surface area contributed by atoms with Crippen LogP contribution in [0.1, 0.15) is 51.4 Å². The predicted octanol–water partition coefficient (Wildman–Crippen LogP) is 3.57. The Kier molecular flexibility index (Phi) is 3.98. The zero-order chi connectivity index (χ0) is 12.4. The molecule has 0 aromatic heterocycles. The highest BCUT2D eigenvalue weighted by atomic mass is 19.4. The third-order valence-corrected chi connectivity index (χ3v) is 4.20. The minimum absolute atomic E-state index is 0.101. The van der Waals surface area contributed by atoms with E-state index in [9.17, 15) is 13.2 Å². The lowest BCUT2D eigenvalue weighted by atomic mass is 9.71. The molecule has 0 heterocycles. The van der Waals surface area contributed by atoms with Gasteiger partial charge in [-0.3, -0.25) is 4.84 Å². The van der Waals surface area contributed by atoms with Crippen LogP contribution in [0.5, 0.6) is 0 Å². The maximum absolute atomic E-state index is 11.9. The van der Waals surface area contributed by atoms with Gasteiger partial charge in [-0.05, 0) is 43.9 Å². The van der Waals surface area contributed by atoms with Crippen LogP contribution >= 0.6 is 0 Å². The first-order valence-electron chi connectivity index (χ1n) is 6.43. The molecule has 0 aromatic carbocycles. The normalized spacial score (nSPS) is 25.6. The number of hydroxylamine groups is 1. The van der Waals surface area contributed by atoms with Crippen LogP contribution in [-0.2, 0) is 4.84 Å². The van der Waals surface area contributed by atoms with Crippen LogP contribution in [0.25, 0.3) is 0 Å². The van der Waals surface area contributed by atoms with E-state index in [2.05, 4.69) is 10.3 Å². The van der Waals surface area contributed by atoms with Gasteiger partial charge in [0.15, 0.2) is 6.61 Å². The van der Waals surface area contributed by atoms with Gasteiger partial charge in [-0.25, -0.2) is 0 Å². The summed E-state index contributed by atoms with van der Waals surface area (Å²) in [6, 6.07) is 0.101. The second-order valence-electron chi connectivity index (χ2n) is 5.50. The molecule has 0 saturated heterocycles. The van der Waals surface area contributed by atoms with Crippen molar-refractivity contribution in [3.63, 3.8) is 0 Å². The molecule has 0 atom stereocenters. The molecular weight excluding hydrogens is 231 g/mol. The molecule has 100 valence electrons. The Morgan fingerprint density at radius 1 is 1.06 bits per heavy atom. The molecule has 2 rings (SSSR count). The number of nitrogens with one attached hydrogen (secondary N) is 1. The zero-order valence-electron chi connectivity index (χ0n) is 9.98. The lowest BCUT2D eigenvalue weighted by Gasteiger charge is -2.37. The van der Waals surface area contributed by atoms with Crippen molar-refractivity contribution in [1.82, 2.24) is 5.48 Å². The smallest absolute Gasteiger partial charge is 0.292 e. The van der Waals surface area contributed by atoms with Gasteiger partial charge >= 0.3 is 6.18 Å². The van der Waals surface area contributed by atoms with Crippen LogP contribution in [0.4, 0.5) is 13.2 Å². The summed E-state index contributed by atoms with van der Waals surface area (Å²) in [5.41, 5.74) is 3.08. The lowest BCUT2D eigenvalue weighted by Crippen LogP contribution is -2.38. The predicted molar refractivity (Wildman–Crippen MR) is 58.3 cm³/mol. The number of hydrogen-bond acceptors (Lipinski definition) is 2. The van der Waals surface area contributed by atoms with Crippen LogP contribution in [0.2, 0.25) is 0 Å². The Morgan fingerprint density at radius 2 is 1.65 bits per heavy atom. The summed E-state index contributed by atoms with van der Waals surface area (Å²) in [7, 11) is 0. The first kappa shape index (κ1) is 13.1. The molecule has 0 bridgehead atoms. The molecule has 5 heteroatoms. The number of hydrogen-bond donors (Lipinski definition) is 1. The maximum Gasteiger partial charge on any atom is 0.413 e. The van der Waals surface area contributed by atoms with E-state index in [1.165, 1.54) is 25.7 Å². The molecule has 17 heavy (non-hydrogen) atoms. The standard InChI is InChI=1S/C12H20F3NO/c13-12(14,15)9-17-16-10-3-7-11(8-4-10)5-1-2-6-11/h10,16H,1-9H2.